The van der Waals surface area contributed by atoms with Crippen molar-refractivity contribution < 1.29 is 23.4 Å². The summed E-state index contributed by atoms with van der Waals surface area (Å²) < 4.78 is 33.8. The predicted molar refractivity (Wildman–Crippen MR) is 91.5 cm³/mol. The summed E-state index contributed by atoms with van der Waals surface area (Å²) in [5.41, 5.74) is 4.54. The fraction of sp³-hybridized carbons (Fsp3) is 0.200. The van der Waals surface area contributed by atoms with Gasteiger partial charge in [-0.25, -0.2) is 13.6 Å². The molecule has 6 heteroatoms. The highest BCUT2D eigenvalue weighted by atomic mass is 19.1. The minimum Gasteiger partial charge on any atom is -0.483 e. The molecule has 3 rings (SSSR count). The number of rotatable bonds is 4. The number of nitrogens with zero attached hydrogens (tertiary/aromatic N) is 1. The molecule has 0 saturated carbocycles. The molecule has 0 saturated heterocycles. The van der Waals surface area contributed by atoms with Crippen molar-refractivity contribution in [3.05, 3.63) is 87.8 Å². The number of ether oxygens (including phenoxy) is 1. The SMILES string of the molecule is CC1=CN2C(=C=CC(C)=C2C(=O)O)C(OC(C)c2c(F)cccc2F)=C1. The first-order chi connectivity index (χ1) is 12.3. The molecule has 0 aromatic heterocycles. The van der Waals surface area contributed by atoms with Gasteiger partial charge in [0.15, 0.2) is 5.76 Å². The van der Waals surface area contributed by atoms with Crippen LogP contribution in [0.1, 0.15) is 32.4 Å². The first-order valence-corrected chi connectivity index (χ1v) is 8.00. The summed E-state index contributed by atoms with van der Waals surface area (Å²) in [5, 5.41) is 9.50. The lowest BCUT2D eigenvalue weighted by molar-refractivity contribution is -0.134. The second-order valence-electron chi connectivity index (χ2n) is 6.12. The lowest BCUT2D eigenvalue weighted by Gasteiger charge is -2.31. The Labute approximate surface area is 149 Å². The molecule has 2 aliphatic heterocycles. The normalized spacial score (nSPS) is 17.3. The molecule has 2 aliphatic rings. The quantitative estimate of drug-likeness (QED) is 0.803. The molecule has 0 aliphatic carbocycles. The Morgan fingerprint density at radius 1 is 1.27 bits per heavy atom. The van der Waals surface area contributed by atoms with Gasteiger partial charge in [0, 0.05) is 6.20 Å². The van der Waals surface area contributed by atoms with Gasteiger partial charge in [0.25, 0.3) is 0 Å². The summed E-state index contributed by atoms with van der Waals surface area (Å²) in [6, 6.07) is 3.62. The van der Waals surface area contributed by atoms with E-state index in [-0.39, 0.29) is 11.3 Å². The average Bonchev–Trinajstić information content (AvgIpc) is 2.53. The standard InChI is InChI=1S/C20H17F2NO3/c1-11-9-17(26-13(3)18-14(21)5-4-6-15(18)22)16-8-7-12(2)19(20(24)25)23(16)10-11/h4-7,9-10,13H,1-3H3,(H,24,25). The lowest BCUT2D eigenvalue weighted by Crippen LogP contribution is -2.28. The van der Waals surface area contributed by atoms with Gasteiger partial charge in [-0.15, -0.1) is 0 Å². The van der Waals surface area contributed by atoms with Crippen LogP contribution in [0.5, 0.6) is 0 Å². The highest BCUT2D eigenvalue weighted by molar-refractivity contribution is 5.89. The molecule has 0 bridgehead atoms. The van der Waals surface area contributed by atoms with Crippen LogP contribution in [0, 0.1) is 11.6 Å². The van der Waals surface area contributed by atoms with Crippen molar-refractivity contribution in [2.45, 2.75) is 26.9 Å². The summed E-state index contributed by atoms with van der Waals surface area (Å²) >= 11 is 0. The summed E-state index contributed by atoms with van der Waals surface area (Å²) in [6.45, 7) is 4.99. The zero-order valence-electron chi connectivity index (χ0n) is 14.5. The van der Waals surface area contributed by atoms with E-state index in [1.807, 2.05) is 0 Å². The largest absolute Gasteiger partial charge is 0.483 e. The van der Waals surface area contributed by atoms with Crippen LogP contribution in [0.25, 0.3) is 0 Å². The van der Waals surface area contributed by atoms with E-state index in [2.05, 4.69) is 5.73 Å². The number of benzene rings is 1. The second kappa shape index (κ2) is 6.65. The van der Waals surface area contributed by atoms with E-state index in [1.165, 1.54) is 30.0 Å². The van der Waals surface area contributed by atoms with Gasteiger partial charge in [0.05, 0.1) is 5.56 Å². The Bertz CT molecular complexity index is 930. The van der Waals surface area contributed by atoms with Crippen molar-refractivity contribution in [1.82, 2.24) is 4.90 Å². The number of carbonyl (C=O) groups is 1. The van der Waals surface area contributed by atoms with Crippen LogP contribution in [-0.4, -0.2) is 16.0 Å². The molecule has 0 radical (unpaired) electrons. The van der Waals surface area contributed by atoms with Crippen molar-refractivity contribution in [1.29, 1.82) is 0 Å². The molecule has 1 atom stereocenters. The van der Waals surface area contributed by atoms with Gasteiger partial charge < -0.3 is 14.7 Å². The van der Waals surface area contributed by atoms with Crippen LogP contribution < -0.4 is 0 Å². The Morgan fingerprint density at radius 2 is 1.92 bits per heavy atom. The number of aliphatic carboxylic acids is 1. The van der Waals surface area contributed by atoms with Crippen LogP contribution in [0.3, 0.4) is 0 Å². The smallest absolute Gasteiger partial charge is 0.353 e. The third-order valence-electron chi connectivity index (χ3n) is 4.12. The molecule has 1 unspecified atom stereocenters. The molecule has 1 N–H and O–H groups in total. The summed E-state index contributed by atoms with van der Waals surface area (Å²) in [7, 11) is 0. The van der Waals surface area contributed by atoms with E-state index in [4.69, 9.17) is 4.74 Å². The van der Waals surface area contributed by atoms with Gasteiger partial charge in [0.2, 0.25) is 0 Å². The zero-order valence-corrected chi connectivity index (χ0v) is 14.5. The van der Waals surface area contributed by atoms with Gasteiger partial charge in [-0.3, -0.25) is 0 Å². The van der Waals surface area contributed by atoms with Crippen molar-refractivity contribution in [3.8, 4) is 0 Å². The first kappa shape index (κ1) is 17.7. The maximum Gasteiger partial charge on any atom is 0.353 e. The Hall–Kier alpha value is -3.11. The molecular formula is C20H17F2NO3. The number of hydrogen-bond acceptors (Lipinski definition) is 3. The number of halogens is 2. The number of fused-ring (bicyclic) bond motifs is 1. The molecule has 0 amide bonds. The Balaban J connectivity index is 1.98. The number of allylic oxidation sites excluding steroid dienone is 3. The van der Waals surface area contributed by atoms with Crippen LogP contribution in [0.4, 0.5) is 8.78 Å². The van der Waals surface area contributed by atoms with E-state index in [0.29, 0.717) is 17.0 Å². The lowest BCUT2D eigenvalue weighted by atomic mass is 10.0. The third-order valence-corrected chi connectivity index (χ3v) is 4.12. The summed E-state index contributed by atoms with van der Waals surface area (Å²) in [5.74, 6) is -2.19. The Kier molecular flexibility index (Phi) is 4.53. The van der Waals surface area contributed by atoms with Crippen LogP contribution in [0.2, 0.25) is 0 Å². The van der Waals surface area contributed by atoms with E-state index in [0.717, 1.165) is 5.57 Å². The highest BCUT2D eigenvalue weighted by Gasteiger charge is 2.30. The molecule has 26 heavy (non-hydrogen) atoms. The van der Waals surface area contributed by atoms with Crippen molar-refractivity contribution in [2.24, 2.45) is 0 Å². The zero-order chi connectivity index (χ0) is 19.0. The van der Waals surface area contributed by atoms with Crippen molar-refractivity contribution >= 4 is 5.97 Å². The maximum atomic E-state index is 14.0. The minimum atomic E-state index is -1.09. The van der Waals surface area contributed by atoms with Gasteiger partial charge >= 0.3 is 5.97 Å². The maximum absolute atomic E-state index is 14.0. The second-order valence-corrected chi connectivity index (χ2v) is 6.12. The van der Waals surface area contributed by atoms with Crippen LogP contribution >= 0.6 is 0 Å². The fourth-order valence-corrected chi connectivity index (χ4v) is 2.96. The van der Waals surface area contributed by atoms with Crippen molar-refractivity contribution in [2.75, 3.05) is 0 Å². The molecule has 4 nitrogen and oxygen atoms in total. The summed E-state index contributed by atoms with van der Waals surface area (Å²) in [4.78, 5) is 13.1. The monoisotopic (exact) mass is 357 g/mol. The molecular weight excluding hydrogens is 340 g/mol. The molecule has 1 aromatic rings. The van der Waals surface area contributed by atoms with Gasteiger partial charge in [-0.2, -0.15) is 0 Å². The van der Waals surface area contributed by atoms with E-state index < -0.39 is 23.7 Å². The topological polar surface area (TPSA) is 49.8 Å². The van der Waals surface area contributed by atoms with E-state index in [1.54, 1.807) is 32.2 Å². The van der Waals surface area contributed by atoms with Crippen LogP contribution in [-0.2, 0) is 9.53 Å². The van der Waals surface area contributed by atoms with Crippen molar-refractivity contribution in [3.63, 3.8) is 0 Å². The van der Waals surface area contributed by atoms with Crippen LogP contribution in [0.15, 0.2) is 70.6 Å². The van der Waals surface area contributed by atoms with Gasteiger partial charge in [-0.05, 0) is 56.2 Å². The number of carboxylic acid groups (broad SMARTS) is 1. The molecule has 1 aromatic carbocycles. The first-order valence-electron chi connectivity index (χ1n) is 8.00. The Morgan fingerprint density at radius 3 is 2.54 bits per heavy atom. The number of carboxylic acids is 1. The van der Waals surface area contributed by atoms with Gasteiger partial charge in [0.1, 0.15) is 29.1 Å². The molecule has 134 valence electrons. The van der Waals surface area contributed by atoms with E-state index >= 15 is 0 Å². The predicted octanol–water partition coefficient (Wildman–Crippen LogP) is 4.56. The minimum absolute atomic E-state index is 0.0806. The molecule has 2 heterocycles. The highest BCUT2D eigenvalue weighted by Crippen LogP contribution is 2.35. The molecule has 0 fully saturated rings. The fourth-order valence-electron chi connectivity index (χ4n) is 2.96. The average molecular weight is 357 g/mol. The number of hydrogen-bond donors (Lipinski definition) is 1. The van der Waals surface area contributed by atoms with Gasteiger partial charge in [-0.1, -0.05) is 11.8 Å². The van der Waals surface area contributed by atoms with E-state index in [9.17, 15) is 18.7 Å². The molecule has 0 spiro atoms. The summed E-state index contributed by atoms with van der Waals surface area (Å²) in [6.07, 6.45) is 3.98. The third kappa shape index (κ3) is 3.07.